The third-order valence-electron chi connectivity index (χ3n) is 3.81. The molecule has 2 aromatic rings. The molecule has 3 rings (SSSR count). The molecule has 2 N–H and O–H groups in total. The number of rotatable bonds is 2. The summed E-state index contributed by atoms with van der Waals surface area (Å²) >= 11 is 0. The Morgan fingerprint density at radius 1 is 1.14 bits per heavy atom. The molecule has 0 radical (unpaired) electrons. The highest BCUT2D eigenvalue weighted by molar-refractivity contribution is 6.06. The van der Waals surface area contributed by atoms with Crippen molar-refractivity contribution in [2.45, 2.75) is 26.7 Å². The molecule has 0 aromatic heterocycles. The van der Waals surface area contributed by atoms with Crippen LogP contribution in [-0.4, -0.2) is 12.5 Å². The number of carbonyl (C=O) groups is 1. The molecule has 21 heavy (non-hydrogen) atoms. The topological polar surface area (TPSA) is 41.1 Å². The molecular formula is C18H20N2O. The minimum Gasteiger partial charge on any atom is -0.383 e. The average Bonchev–Trinajstić information content (AvgIpc) is 2.46. The number of hydrogen-bond donors (Lipinski definition) is 2. The van der Waals surface area contributed by atoms with Crippen molar-refractivity contribution >= 4 is 17.3 Å². The molecule has 0 fully saturated rings. The maximum atomic E-state index is 12.5. The molecule has 108 valence electrons. The summed E-state index contributed by atoms with van der Waals surface area (Å²) in [4.78, 5) is 12.5. The van der Waals surface area contributed by atoms with E-state index in [9.17, 15) is 4.79 Å². The van der Waals surface area contributed by atoms with Gasteiger partial charge in [0, 0.05) is 12.1 Å². The molecular weight excluding hydrogens is 260 g/mol. The summed E-state index contributed by atoms with van der Waals surface area (Å²) in [6.45, 7) is 4.98. The lowest BCUT2D eigenvalue weighted by atomic mass is 10.0. The normalized spacial score (nSPS) is 13.2. The Hall–Kier alpha value is -2.29. The zero-order valence-corrected chi connectivity index (χ0v) is 12.5. The van der Waals surface area contributed by atoms with E-state index >= 15 is 0 Å². The first-order valence-corrected chi connectivity index (χ1v) is 7.39. The fourth-order valence-corrected chi connectivity index (χ4v) is 2.91. The second-order valence-corrected chi connectivity index (χ2v) is 5.70. The van der Waals surface area contributed by atoms with Crippen LogP contribution in [0.15, 0.2) is 36.4 Å². The Labute approximate surface area is 125 Å². The predicted molar refractivity (Wildman–Crippen MR) is 87.1 cm³/mol. The van der Waals surface area contributed by atoms with Crippen LogP contribution in [-0.2, 0) is 6.42 Å². The maximum absolute atomic E-state index is 12.5. The zero-order chi connectivity index (χ0) is 14.8. The molecule has 0 spiro atoms. The number of hydrogen-bond acceptors (Lipinski definition) is 2. The van der Waals surface area contributed by atoms with Crippen molar-refractivity contribution in [3.05, 3.63) is 58.7 Å². The van der Waals surface area contributed by atoms with Crippen molar-refractivity contribution in [2.24, 2.45) is 0 Å². The lowest BCUT2D eigenvalue weighted by molar-refractivity contribution is 0.102. The van der Waals surface area contributed by atoms with E-state index in [4.69, 9.17) is 0 Å². The molecule has 0 aliphatic carbocycles. The molecule has 0 saturated heterocycles. The molecule has 3 heteroatoms. The summed E-state index contributed by atoms with van der Waals surface area (Å²) in [5.41, 5.74) is 6.14. The van der Waals surface area contributed by atoms with Gasteiger partial charge in [0.1, 0.15) is 0 Å². The summed E-state index contributed by atoms with van der Waals surface area (Å²) in [6.07, 6.45) is 2.21. The Morgan fingerprint density at radius 2 is 1.90 bits per heavy atom. The molecule has 1 aliphatic rings. The SMILES string of the molecule is Cc1cc(C)cc(C(=O)Nc2cccc3c2NCCC3)c1. The van der Waals surface area contributed by atoms with E-state index in [0.29, 0.717) is 5.56 Å². The van der Waals surface area contributed by atoms with Crippen LogP contribution in [0.5, 0.6) is 0 Å². The number of nitrogens with one attached hydrogen (secondary N) is 2. The van der Waals surface area contributed by atoms with Crippen molar-refractivity contribution < 1.29 is 4.79 Å². The highest BCUT2D eigenvalue weighted by atomic mass is 16.1. The zero-order valence-electron chi connectivity index (χ0n) is 12.5. The van der Waals surface area contributed by atoms with Crippen LogP contribution in [0.1, 0.15) is 33.5 Å². The third-order valence-corrected chi connectivity index (χ3v) is 3.81. The summed E-state index contributed by atoms with van der Waals surface area (Å²) in [5, 5.41) is 6.44. The van der Waals surface area contributed by atoms with E-state index < -0.39 is 0 Å². The molecule has 0 saturated carbocycles. The van der Waals surface area contributed by atoms with Crippen molar-refractivity contribution in [3.8, 4) is 0 Å². The van der Waals surface area contributed by atoms with Gasteiger partial charge in [0.2, 0.25) is 0 Å². The lowest BCUT2D eigenvalue weighted by Crippen LogP contribution is -2.17. The van der Waals surface area contributed by atoms with Gasteiger partial charge >= 0.3 is 0 Å². The van der Waals surface area contributed by atoms with Gasteiger partial charge in [0.05, 0.1) is 11.4 Å². The van der Waals surface area contributed by atoms with Crippen molar-refractivity contribution in [2.75, 3.05) is 17.2 Å². The first-order chi connectivity index (χ1) is 10.1. The van der Waals surface area contributed by atoms with Crippen molar-refractivity contribution in [1.29, 1.82) is 0 Å². The number of amides is 1. The van der Waals surface area contributed by atoms with Crippen LogP contribution in [0, 0.1) is 13.8 Å². The minimum atomic E-state index is -0.0532. The molecule has 0 bridgehead atoms. The summed E-state index contributed by atoms with van der Waals surface area (Å²) < 4.78 is 0. The Bertz CT molecular complexity index is 671. The predicted octanol–water partition coefficient (Wildman–Crippen LogP) is 3.91. The fraction of sp³-hybridized carbons (Fsp3) is 0.278. The molecule has 1 heterocycles. The molecule has 1 aliphatic heterocycles. The van der Waals surface area contributed by atoms with E-state index in [-0.39, 0.29) is 5.91 Å². The van der Waals surface area contributed by atoms with E-state index in [0.717, 1.165) is 41.9 Å². The van der Waals surface area contributed by atoms with Gasteiger partial charge in [-0.1, -0.05) is 29.3 Å². The smallest absolute Gasteiger partial charge is 0.255 e. The molecule has 0 unspecified atom stereocenters. The van der Waals surface area contributed by atoms with Gasteiger partial charge in [0.15, 0.2) is 0 Å². The summed E-state index contributed by atoms with van der Waals surface area (Å²) in [7, 11) is 0. The molecule has 2 aromatic carbocycles. The summed E-state index contributed by atoms with van der Waals surface area (Å²) in [6, 6.07) is 12.0. The van der Waals surface area contributed by atoms with Crippen molar-refractivity contribution in [3.63, 3.8) is 0 Å². The van der Waals surface area contributed by atoms with Crippen LogP contribution in [0.2, 0.25) is 0 Å². The van der Waals surface area contributed by atoms with Gasteiger partial charge in [-0.25, -0.2) is 0 Å². The van der Waals surface area contributed by atoms with Crippen LogP contribution in [0.4, 0.5) is 11.4 Å². The molecule has 1 amide bonds. The first-order valence-electron chi connectivity index (χ1n) is 7.39. The number of aryl methyl sites for hydroxylation is 3. The quantitative estimate of drug-likeness (QED) is 0.875. The van der Waals surface area contributed by atoms with Crippen LogP contribution in [0.3, 0.4) is 0 Å². The highest BCUT2D eigenvalue weighted by Crippen LogP contribution is 2.30. The monoisotopic (exact) mass is 280 g/mol. The van der Waals surface area contributed by atoms with E-state index in [2.05, 4.69) is 22.8 Å². The number of anilines is 2. The Kier molecular flexibility index (Phi) is 3.65. The number of para-hydroxylation sites is 1. The lowest BCUT2D eigenvalue weighted by Gasteiger charge is -2.21. The van der Waals surface area contributed by atoms with Gasteiger partial charge in [-0.15, -0.1) is 0 Å². The highest BCUT2D eigenvalue weighted by Gasteiger charge is 2.15. The molecule has 0 atom stereocenters. The van der Waals surface area contributed by atoms with Gasteiger partial charge in [-0.2, -0.15) is 0 Å². The van der Waals surface area contributed by atoms with Gasteiger partial charge in [0.25, 0.3) is 5.91 Å². The second kappa shape index (κ2) is 5.60. The van der Waals surface area contributed by atoms with Crippen LogP contribution >= 0.6 is 0 Å². The maximum Gasteiger partial charge on any atom is 0.255 e. The number of carbonyl (C=O) groups excluding carboxylic acids is 1. The van der Waals surface area contributed by atoms with E-state index in [1.807, 2.05) is 38.1 Å². The second-order valence-electron chi connectivity index (χ2n) is 5.70. The number of fused-ring (bicyclic) bond motifs is 1. The van der Waals surface area contributed by atoms with E-state index in [1.165, 1.54) is 5.56 Å². The van der Waals surface area contributed by atoms with E-state index in [1.54, 1.807) is 0 Å². The fourth-order valence-electron chi connectivity index (χ4n) is 2.91. The number of benzene rings is 2. The average molecular weight is 280 g/mol. The van der Waals surface area contributed by atoms with Crippen molar-refractivity contribution in [1.82, 2.24) is 0 Å². The van der Waals surface area contributed by atoms with Gasteiger partial charge < -0.3 is 10.6 Å². The largest absolute Gasteiger partial charge is 0.383 e. The first kappa shape index (κ1) is 13.7. The Balaban J connectivity index is 1.88. The molecule has 3 nitrogen and oxygen atoms in total. The Morgan fingerprint density at radius 3 is 2.67 bits per heavy atom. The van der Waals surface area contributed by atoms with Crippen LogP contribution in [0.25, 0.3) is 0 Å². The minimum absolute atomic E-state index is 0.0532. The van der Waals surface area contributed by atoms with Crippen LogP contribution < -0.4 is 10.6 Å². The summed E-state index contributed by atoms with van der Waals surface area (Å²) in [5.74, 6) is -0.0532. The van der Waals surface area contributed by atoms with Gasteiger partial charge in [-0.3, -0.25) is 4.79 Å². The third kappa shape index (κ3) is 2.92. The van der Waals surface area contributed by atoms with Gasteiger partial charge in [-0.05, 0) is 50.5 Å². The standard InChI is InChI=1S/C18H20N2O/c1-12-9-13(2)11-15(10-12)18(21)20-16-7-3-5-14-6-4-8-19-17(14)16/h3,5,7,9-11,19H,4,6,8H2,1-2H3,(H,20,21).